The van der Waals surface area contributed by atoms with Crippen molar-refractivity contribution in [2.75, 3.05) is 6.54 Å². The van der Waals surface area contributed by atoms with Gasteiger partial charge >= 0.3 is 0 Å². The van der Waals surface area contributed by atoms with Crippen LogP contribution in [-0.2, 0) is 13.0 Å². The van der Waals surface area contributed by atoms with E-state index < -0.39 is 0 Å². The molecule has 3 heteroatoms. The quantitative estimate of drug-likeness (QED) is 0.876. The minimum atomic E-state index is 0.529. The number of imidazole rings is 1. The van der Waals surface area contributed by atoms with Gasteiger partial charge in [0.25, 0.3) is 0 Å². The Morgan fingerprint density at radius 1 is 1.28 bits per heavy atom. The summed E-state index contributed by atoms with van der Waals surface area (Å²) in [6.45, 7) is 6.42. The summed E-state index contributed by atoms with van der Waals surface area (Å²) in [4.78, 5) is 4.53. The summed E-state index contributed by atoms with van der Waals surface area (Å²) in [5.74, 6) is 0.529. The van der Waals surface area contributed by atoms with E-state index >= 15 is 0 Å². The molecule has 94 valence electrons. The van der Waals surface area contributed by atoms with Gasteiger partial charge in [-0.05, 0) is 17.5 Å². The second-order valence-electron chi connectivity index (χ2n) is 5.15. The molecule has 0 unspecified atom stereocenters. The maximum Gasteiger partial charge on any atom is 0.0998 e. The van der Waals surface area contributed by atoms with Crippen LogP contribution < -0.4 is 5.32 Å². The molecule has 0 amide bonds. The van der Waals surface area contributed by atoms with Gasteiger partial charge in [-0.25, -0.2) is 4.98 Å². The summed E-state index contributed by atoms with van der Waals surface area (Å²) in [6, 6.07) is 8.63. The average Bonchev–Trinajstić information content (AvgIpc) is 2.82. The fourth-order valence-corrected chi connectivity index (χ4v) is 2.64. The summed E-state index contributed by atoms with van der Waals surface area (Å²) in [5, 5.41) is 3.37. The van der Waals surface area contributed by atoms with E-state index in [1.54, 1.807) is 0 Å². The van der Waals surface area contributed by atoms with Crippen LogP contribution in [0.25, 0.3) is 5.69 Å². The standard InChI is InChI=1S/C15H19N3/c1-11(2)12-5-3-4-6-14(12)18-10-17-13-9-16-8-7-15(13)18/h3-6,10-11,16H,7-9H2,1-2H3. The first-order valence-corrected chi connectivity index (χ1v) is 6.62. The number of benzene rings is 1. The van der Waals surface area contributed by atoms with Crippen molar-refractivity contribution in [2.45, 2.75) is 32.7 Å². The van der Waals surface area contributed by atoms with Crippen LogP contribution in [0.5, 0.6) is 0 Å². The molecule has 0 atom stereocenters. The molecule has 2 heterocycles. The van der Waals surface area contributed by atoms with Gasteiger partial charge in [0.1, 0.15) is 0 Å². The lowest BCUT2D eigenvalue weighted by molar-refractivity contribution is 0.619. The zero-order chi connectivity index (χ0) is 12.5. The first-order valence-electron chi connectivity index (χ1n) is 6.62. The van der Waals surface area contributed by atoms with Crippen molar-refractivity contribution < 1.29 is 0 Å². The molecule has 0 aliphatic carbocycles. The number of para-hydroxylation sites is 1. The van der Waals surface area contributed by atoms with E-state index in [1.165, 1.54) is 22.6 Å². The van der Waals surface area contributed by atoms with E-state index in [-0.39, 0.29) is 0 Å². The maximum absolute atomic E-state index is 4.53. The molecular formula is C15H19N3. The van der Waals surface area contributed by atoms with Crippen molar-refractivity contribution in [3.63, 3.8) is 0 Å². The second kappa shape index (κ2) is 4.58. The van der Waals surface area contributed by atoms with E-state index in [4.69, 9.17) is 0 Å². The molecule has 2 aromatic rings. The molecule has 3 rings (SSSR count). The summed E-state index contributed by atoms with van der Waals surface area (Å²) < 4.78 is 2.27. The molecule has 1 aliphatic rings. The highest BCUT2D eigenvalue weighted by Gasteiger charge is 2.17. The molecule has 0 bridgehead atoms. The number of aromatic nitrogens is 2. The molecular weight excluding hydrogens is 222 g/mol. The Labute approximate surface area is 108 Å². The normalized spacial score (nSPS) is 14.8. The Balaban J connectivity index is 2.13. The van der Waals surface area contributed by atoms with E-state index in [0.29, 0.717) is 5.92 Å². The monoisotopic (exact) mass is 241 g/mol. The Kier molecular flexibility index (Phi) is 2.92. The van der Waals surface area contributed by atoms with Crippen molar-refractivity contribution in [3.05, 3.63) is 47.5 Å². The predicted molar refractivity (Wildman–Crippen MR) is 73.1 cm³/mol. The lowest BCUT2D eigenvalue weighted by Gasteiger charge is -2.18. The van der Waals surface area contributed by atoms with Crippen LogP contribution in [0.3, 0.4) is 0 Å². The van der Waals surface area contributed by atoms with Gasteiger partial charge in [0.05, 0.1) is 17.7 Å². The van der Waals surface area contributed by atoms with E-state index in [1.807, 2.05) is 6.33 Å². The zero-order valence-electron chi connectivity index (χ0n) is 11.0. The van der Waals surface area contributed by atoms with Crippen LogP contribution in [0.1, 0.15) is 36.7 Å². The molecule has 18 heavy (non-hydrogen) atoms. The van der Waals surface area contributed by atoms with Crippen LogP contribution in [0.2, 0.25) is 0 Å². The topological polar surface area (TPSA) is 29.9 Å². The maximum atomic E-state index is 4.53. The van der Waals surface area contributed by atoms with E-state index in [9.17, 15) is 0 Å². The van der Waals surface area contributed by atoms with E-state index in [0.717, 1.165) is 19.5 Å². The molecule has 1 aromatic carbocycles. The Morgan fingerprint density at radius 3 is 2.94 bits per heavy atom. The third-order valence-electron chi connectivity index (χ3n) is 3.60. The van der Waals surface area contributed by atoms with Gasteiger partial charge in [0.2, 0.25) is 0 Å². The summed E-state index contributed by atoms with van der Waals surface area (Å²) >= 11 is 0. The van der Waals surface area contributed by atoms with Crippen molar-refractivity contribution >= 4 is 0 Å². The Bertz CT molecular complexity index is 555. The number of nitrogens with one attached hydrogen (secondary N) is 1. The van der Waals surface area contributed by atoms with Gasteiger partial charge in [0.15, 0.2) is 0 Å². The molecule has 1 aliphatic heterocycles. The fourth-order valence-electron chi connectivity index (χ4n) is 2.64. The molecule has 1 aromatic heterocycles. The highest BCUT2D eigenvalue weighted by molar-refractivity contribution is 5.45. The van der Waals surface area contributed by atoms with Gasteiger partial charge in [-0.2, -0.15) is 0 Å². The predicted octanol–water partition coefficient (Wildman–Crippen LogP) is 2.64. The van der Waals surface area contributed by atoms with Crippen LogP contribution >= 0.6 is 0 Å². The van der Waals surface area contributed by atoms with Crippen LogP contribution in [-0.4, -0.2) is 16.1 Å². The number of hydrogen-bond acceptors (Lipinski definition) is 2. The molecule has 0 saturated heterocycles. The average molecular weight is 241 g/mol. The van der Waals surface area contributed by atoms with Crippen LogP contribution in [0.4, 0.5) is 0 Å². The van der Waals surface area contributed by atoms with Crippen molar-refractivity contribution in [2.24, 2.45) is 0 Å². The molecule has 1 N–H and O–H groups in total. The fraction of sp³-hybridized carbons (Fsp3) is 0.400. The lowest BCUT2D eigenvalue weighted by atomic mass is 10.0. The molecule has 0 fully saturated rings. The van der Waals surface area contributed by atoms with Gasteiger partial charge in [-0.1, -0.05) is 32.0 Å². The highest BCUT2D eigenvalue weighted by Crippen LogP contribution is 2.25. The minimum Gasteiger partial charge on any atom is -0.311 e. The highest BCUT2D eigenvalue weighted by atomic mass is 15.1. The minimum absolute atomic E-state index is 0.529. The number of nitrogens with zero attached hydrogens (tertiary/aromatic N) is 2. The Morgan fingerprint density at radius 2 is 2.11 bits per heavy atom. The van der Waals surface area contributed by atoms with Crippen molar-refractivity contribution in [1.82, 2.24) is 14.9 Å². The number of hydrogen-bond donors (Lipinski definition) is 1. The third-order valence-corrected chi connectivity index (χ3v) is 3.60. The van der Waals surface area contributed by atoms with Gasteiger partial charge < -0.3 is 9.88 Å². The van der Waals surface area contributed by atoms with Crippen LogP contribution in [0, 0.1) is 0 Å². The molecule has 0 spiro atoms. The first-order chi connectivity index (χ1) is 8.77. The largest absolute Gasteiger partial charge is 0.311 e. The summed E-state index contributed by atoms with van der Waals surface area (Å²) in [5.41, 5.74) is 5.22. The van der Waals surface area contributed by atoms with Gasteiger partial charge in [-0.3, -0.25) is 0 Å². The lowest BCUT2D eigenvalue weighted by Crippen LogP contribution is -2.24. The Hall–Kier alpha value is -1.61. The third kappa shape index (κ3) is 1.85. The molecule has 3 nitrogen and oxygen atoms in total. The van der Waals surface area contributed by atoms with Gasteiger partial charge in [0, 0.05) is 25.2 Å². The zero-order valence-corrected chi connectivity index (χ0v) is 11.0. The summed E-state index contributed by atoms with van der Waals surface area (Å²) in [6.07, 6.45) is 3.03. The van der Waals surface area contributed by atoms with Gasteiger partial charge in [-0.15, -0.1) is 0 Å². The summed E-state index contributed by atoms with van der Waals surface area (Å²) in [7, 11) is 0. The van der Waals surface area contributed by atoms with Crippen molar-refractivity contribution in [3.8, 4) is 5.69 Å². The number of rotatable bonds is 2. The molecule has 0 radical (unpaired) electrons. The smallest absolute Gasteiger partial charge is 0.0998 e. The van der Waals surface area contributed by atoms with E-state index in [2.05, 4.69) is 53.0 Å². The SMILES string of the molecule is CC(C)c1ccccc1-n1cnc2c1CCNC2. The van der Waals surface area contributed by atoms with Crippen LogP contribution in [0.15, 0.2) is 30.6 Å². The number of fused-ring (bicyclic) bond motifs is 1. The van der Waals surface area contributed by atoms with Crippen molar-refractivity contribution in [1.29, 1.82) is 0 Å². The first kappa shape index (κ1) is 11.5. The molecule has 0 saturated carbocycles. The second-order valence-corrected chi connectivity index (χ2v) is 5.15.